The minimum Gasteiger partial charge on any atom is -0.423 e. The molecule has 0 aliphatic carbocycles. The summed E-state index contributed by atoms with van der Waals surface area (Å²) in [6.07, 6.45) is 1.24. The van der Waals surface area contributed by atoms with Gasteiger partial charge in [0.1, 0.15) is 0 Å². The Hall–Kier alpha value is -1.06. The fourth-order valence-electron chi connectivity index (χ4n) is 0.591. The molecule has 8 N–H and O–H groups in total. The first-order valence-electron chi connectivity index (χ1n) is 2.68. The van der Waals surface area contributed by atoms with Gasteiger partial charge in [-0.15, -0.1) is 0 Å². The highest BCUT2D eigenvalue weighted by molar-refractivity contribution is 6.58. The summed E-state index contributed by atoms with van der Waals surface area (Å²) in [7, 11) is -1.78. The van der Waals surface area contributed by atoms with Crippen molar-refractivity contribution < 1.29 is 30.9 Å². The zero-order valence-corrected chi connectivity index (χ0v) is 6.53. The fraction of sp³-hybridized carbons (Fsp3) is 0. The summed E-state index contributed by atoms with van der Waals surface area (Å²) in [4.78, 5) is 3.21. The molecular formula is C5H11BFNO5. The van der Waals surface area contributed by atoms with Crippen molar-refractivity contribution in [3.8, 4) is 0 Å². The second-order valence-electron chi connectivity index (χ2n) is 1.76. The predicted octanol–water partition coefficient (Wildman–Crippen LogP) is -3.57. The van der Waals surface area contributed by atoms with E-state index in [2.05, 4.69) is 4.98 Å². The van der Waals surface area contributed by atoms with Crippen LogP contribution >= 0.6 is 0 Å². The van der Waals surface area contributed by atoms with E-state index < -0.39 is 13.1 Å². The van der Waals surface area contributed by atoms with Gasteiger partial charge in [0, 0.05) is 11.7 Å². The summed E-state index contributed by atoms with van der Waals surface area (Å²) >= 11 is 0. The quantitative estimate of drug-likeness (QED) is 0.352. The molecule has 0 saturated carbocycles. The third kappa shape index (κ3) is 4.50. The number of rotatable bonds is 1. The third-order valence-electron chi connectivity index (χ3n) is 1.07. The van der Waals surface area contributed by atoms with Gasteiger partial charge in [-0.1, -0.05) is 6.07 Å². The molecule has 0 aliphatic rings. The van der Waals surface area contributed by atoms with Crippen molar-refractivity contribution in [2.24, 2.45) is 0 Å². The molecule has 0 atom stereocenters. The van der Waals surface area contributed by atoms with Crippen LogP contribution < -0.4 is 5.46 Å². The minimum atomic E-state index is -1.78. The number of nitrogens with zero attached hydrogens (tertiary/aromatic N) is 1. The SMILES string of the molecule is O.O.O.OB(O)c1cccnc1F. The van der Waals surface area contributed by atoms with Crippen molar-refractivity contribution in [2.75, 3.05) is 0 Å². The minimum absolute atomic E-state index is 0. The maximum Gasteiger partial charge on any atom is 0.493 e. The van der Waals surface area contributed by atoms with Crippen LogP contribution in [0.3, 0.4) is 0 Å². The zero-order chi connectivity index (χ0) is 7.56. The van der Waals surface area contributed by atoms with Crippen LogP contribution in [0, 0.1) is 5.95 Å². The monoisotopic (exact) mass is 195 g/mol. The van der Waals surface area contributed by atoms with E-state index in [0.29, 0.717) is 0 Å². The Bertz CT molecular complexity index is 236. The Kier molecular flexibility index (Phi) is 10.4. The maximum atomic E-state index is 12.4. The van der Waals surface area contributed by atoms with E-state index in [4.69, 9.17) is 10.0 Å². The van der Waals surface area contributed by atoms with Gasteiger partial charge in [0.25, 0.3) is 0 Å². The zero-order valence-electron chi connectivity index (χ0n) is 6.53. The van der Waals surface area contributed by atoms with Crippen LogP contribution in [-0.4, -0.2) is 38.6 Å². The molecule has 0 saturated heterocycles. The van der Waals surface area contributed by atoms with Gasteiger partial charge in [0.05, 0.1) is 0 Å². The van der Waals surface area contributed by atoms with E-state index >= 15 is 0 Å². The average molecular weight is 195 g/mol. The summed E-state index contributed by atoms with van der Waals surface area (Å²) in [5, 5.41) is 17.0. The average Bonchev–Trinajstić information content (AvgIpc) is 1.88. The Morgan fingerprint density at radius 1 is 1.23 bits per heavy atom. The Labute approximate surface area is 73.7 Å². The van der Waals surface area contributed by atoms with Crippen LogP contribution in [0.1, 0.15) is 0 Å². The standard InChI is InChI=1S/C5H5BFNO2.3H2O/c7-5-4(6(9)10)2-1-3-8-5;;;/h1-3,9-10H;3*1H2. The first-order chi connectivity index (χ1) is 4.72. The van der Waals surface area contributed by atoms with Crippen molar-refractivity contribution in [3.05, 3.63) is 24.3 Å². The van der Waals surface area contributed by atoms with Gasteiger partial charge in [0.15, 0.2) is 0 Å². The van der Waals surface area contributed by atoms with E-state index in [9.17, 15) is 4.39 Å². The van der Waals surface area contributed by atoms with Crippen molar-refractivity contribution in [1.29, 1.82) is 0 Å². The van der Waals surface area contributed by atoms with Gasteiger partial charge < -0.3 is 26.5 Å². The molecule has 1 aromatic rings. The molecule has 6 nitrogen and oxygen atoms in total. The summed E-state index contributed by atoms with van der Waals surface area (Å²) in [5.74, 6) is -0.850. The van der Waals surface area contributed by atoms with Crippen LogP contribution in [0.15, 0.2) is 18.3 Å². The number of hydrogen-bond donors (Lipinski definition) is 2. The molecule has 0 amide bonds. The predicted molar refractivity (Wildman–Crippen MR) is 44.9 cm³/mol. The van der Waals surface area contributed by atoms with Crippen molar-refractivity contribution in [3.63, 3.8) is 0 Å². The molecule has 8 heteroatoms. The number of halogens is 1. The van der Waals surface area contributed by atoms with E-state index in [1.807, 2.05) is 0 Å². The van der Waals surface area contributed by atoms with Crippen LogP contribution in [0.5, 0.6) is 0 Å². The topological polar surface area (TPSA) is 148 Å². The van der Waals surface area contributed by atoms with E-state index in [-0.39, 0.29) is 21.9 Å². The normalized spacial score (nSPS) is 7.31. The highest BCUT2D eigenvalue weighted by atomic mass is 19.1. The molecule has 0 radical (unpaired) electrons. The number of aromatic nitrogens is 1. The van der Waals surface area contributed by atoms with Gasteiger partial charge in [-0.3, -0.25) is 0 Å². The van der Waals surface area contributed by atoms with Crippen LogP contribution in [-0.2, 0) is 0 Å². The smallest absolute Gasteiger partial charge is 0.423 e. The van der Waals surface area contributed by atoms with Crippen LogP contribution in [0.25, 0.3) is 0 Å². The molecular weight excluding hydrogens is 184 g/mol. The number of hydrogen-bond acceptors (Lipinski definition) is 3. The first kappa shape index (κ1) is 17.9. The highest BCUT2D eigenvalue weighted by Crippen LogP contribution is 1.87. The van der Waals surface area contributed by atoms with Crippen molar-refractivity contribution in [1.82, 2.24) is 4.98 Å². The molecule has 0 aliphatic heterocycles. The maximum absolute atomic E-state index is 12.4. The lowest BCUT2D eigenvalue weighted by Crippen LogP contribution is -2.33. The molecule has 1 heterocycles. The molecule has 0 aromatic carbocycles. The molecule has 0 spiro atoms. The van der Waals surface area contributed by atoms with E-state index in [0.717, 1.165) is 0 Å². The summed E-state index contributed by atoms with van der Waals surface area (Å²) in [6.45, 7) is 0. The lowest BCUT2D eigenvalue weighted by molar-refractivity contribution is 0.422. The Balaban J connectivity index is -0.000000333. The summed E-state index contributed by atoms with van der Waals surface area (Å²) in [5.41, 5.74) is -0.206. The molecule has 0 fully saturated rings. The Morgan fingerprint density at radius 3 is 2.08 bits per heavy atom. The molecule has 0 unspecified atom stereocenters. The van der Waals surface area contributed by atoms with Crippen LogP contribution in [0.2, 0.25) is 0 Å². The van der Waals surface area contributed by atoms with Gasteiger partial charge in [-0.2, -0.15) is 4.39 Å². The van der Waals surface area contributed by atoms with Gasteiger partial charge in [0.2, 0.25) is 5.95 Å². The Morgan fingerprint density at radius 2 is 1.77 bits per heavy atom. The van der Waals surface area contributed by atoms with Gasteiger partial charge in [-0.05, 0) is 6.07 Å². The molecule has 1 aromatic heterocycles. The summed E-state index contributed by atoms with van der Waals surface area (Å²) < 4.78 is 12.4. The number of pyridine rings is 1. The van der Waals surface area contributed by atoms with E-state index in [1.165, 1.54) is 18.3 Å². The molecule has 76 valence electrons. The van der Waals surface area contributed by atoms with Gasteiger partial charge in [-0.25, -0.2) is 4.98 Å². The largest absolute Gasteiger partial charge is 0.493 e. The molecule has 13 heavy (non-hydrogen) atoms. The molecule has 0 bridgehead atoms. The third-order valence-corrected chi connectivity index (χ3v) is 1.07. The van der Waals surface area contributed by atoms with Crippen molar-refractivity contribution in [2.45, 2.75) is 0 Å². The second kappa shape index (κ2) is 7.59. The lowest BCUT2D eigenvalue weighted by atomic mass is 9.81. The first-order valence-corrected chi connectivity index (χ1v) is 2.68. The van der Waals surface area contributed by atoms with Crippen LogP contribution in [0.4, 0.5) is 4.39 Å². The molecule has 1 rings (SSSR count). The highest BCUT2D eigenvalue weighted by Gasteiger charge is 2.15. The lowest BCUT2D eigenvalue weighted by Gasteiger charge is -1.97. The summed E-state index contributed by atoms with van der Waals surface area (Å²) in [6, 6.07) is 2.69. The van der Waals surface area contributed by atoms with Gasteiger partial charge >= 0.3 is 7.12 Å². The fourth-order valence-corrected chi connectivity index (χ4v) is 0.591. The second-order valence-corrected chi connectivity index (χ2v) is 1.76. The van der Waals surface area contributed by atoms with Crippen molar-refractivity contribution >= 4 is 12.6 Å². The van der Waals surface area contributed by atoms with E-state index in [1.54, 1.807) is 0 Å².